The number of hydrogen-bond donors (Lipinski definition) is 3. The number of nitrogens with zero attached hydrogens (tertiary/aromatic N) is 1. The largest absolute Gasteiger partial charge is 0.350 e. The number of rotatable bonds is 1. The van der Waals surface area contributed by atoms with Gasteiger partial charge < -0.3 is 11.5 Å². The SMILES string of the molecule is NCC(=O)N(N)C(N)=O. The molecular weight excluding hydrogens is 124 g/mol. The predicted octanol–water partition coefficient (Wildman–Crippen LogP) is -2.27. The molecule has 0 saturated heterocycles. The lowest BCUT2D eigenvalue weighted by molar-refractivity contribution is -0.126. The summed E-state index contributed by atoms with van der Waals surface area (Å²) >= 11 is 0. The van der Waals surface area contributed by atoms with Gasteiger partial charge in [0.2, 0.25) is 0 Å². The van der Waals surface area contributed by atoms with Crippen LogP contribution in [0.4, 0.5) is 4.79 Å². The highest BCUT2D eigenvalue weighted by Crippen LogP contribution is 1.74. The number of hydrazine groups is 1. The fourth-order valence-electron chi connectivity index (χ4n) is 0.221. The van der Waals surface area contributed by atoms with Crippen molar-refractivity contribution in [3.8, 4) is 0 Å². The second kappa shape index (κ2) is 3.00. The van der Waals surface area contributed by atoms with E-state index in [0.29, 0.717) is 0 Å². The van der Waals surface area contributed by atoms with Crippen LogP contribution in [0.15, 0.2) is 0 Å². The Kier molecular flexibility index (Phi) is 2.62. The number of urea groups is 1. The average molecular weight is 132 g/mol. The minimum atomic E-state index is -1.01. The minimum absolute atomic E-state index is 0.264. The van der Waals surface area contributed by atoms with E-state index in [9.17, 15) is 9.59 Å². The molecule has 6 heteroatoms. The van der Waals surface area contributed by atoms with E-state index in [2.05, 4.69) is 5.73 Å². The van der Waals surface area contributed by atoms with Gasteiger partial charge in [0.1, 0.15) is 0 Å². The zero-order chi connectivity index (χ0) is 7.44. The fourth-order valence-corrected chi connectivity index (χ4v) is 0.221. The van der Waals surface area contributed by atoms with Crippen LogP contribution in [-0.2, 0) is 4.79 Å². The third-order valence-corrected chi connectivity index (χ3v) is 0.681. The second-order valence-corrected chi connectivity index (χ2v) is 1.31. The van der Waals surface area contributed by atoms with Crippen molar-refractivity contribution in [2.24, 2.45) is 17.3 Å². The summed E-state index contributed by atoms with van der Waals surface area (Å²) in [7, 11) is 0. The molecule has 9 heavy (non-hydrogen) atoms. The van der Waals surface area contributed by atoms with Crippen LogP contribution in [0, 0.1) is 0 Å². The molecule has 0 aliphatic rings. The van der Waals surface area contributed by atoms with E-state index in [1.165, 1.54) is 0 Å². The maximum Gasteiger partial charge on any atom is 0.336 e. The van der Waals surface area contributed by atoms with E-state index in [1.54, 1.807) is 0 Å². The van der Waals surface area contributed by atoms with E-state index in [0.717, 1.165) is 0 Å². The van der Waals surface area contributed by atoms with Crippen LogP contribution in [-0.4, -0.2) is 23.5 Å². The Morgan fingerprint density at radius 3 is 2.00 bits per heavy atom. The molecule has 3 amide bonds. The summed E-state index contributed by atoms with van der Waals surface area (Å²) in [4.78, 5) is 20.4. The number of carbonyl (C=O) groups excluding carboxylic acids is 2. The quantitative estimate of drug-likeness (QED) is 0.212. The van der Waals surface area contributed by atoms with E-state index in [1.807, 2.05) is 0 Å². The topological polar surface area (TPSA) is 115 Å². The molecule has 0 atom stereocenters. The first-order valence-corrected chi connectivity index (χ1v) is 2.16. The third kappa shape index (κ3) is 2.06. The van der Waals surface area contributed by atoms with Gasteiger partial charge in [0.05, 0.1) is 6.54 Å². The van der Waals surface area contributed by atoms with Gasteiger partial charge in [-0.05, 0) is 0 Å². The Hall–Kier alpha value is -1.14. The predicted molar refractivity (Wildman–Crippen MR) is 29.7 cm³/mol. The molecule has 0 radical (unpaired) electrons. The van der Waals surface area contributed by atoms with Crippen LogP contribution >= 0.6 is 0 Å². The number of amides is 3. The fraction of sp³-hybridized carbons (Fsp3) is 0.333. The van der Waals surface area contributed by atoms with Gasteiger partial charge in [0.15, 0.2) is 0 Å². The number of primary amides is 1. The molecule has 0 aromatic carbocycles. The number of hydrogen-bond acceptors (Lipinski definition) is 4. The van der Waals surface area contributed by atoms with Crippen molar-refractivity contribution in [2.45, 2.75) is 0 Å². The summed E-state index contributed by atoms with van der Waals surface area (Å²) in [5.41, 5.74) is 9.43. The highest BCUT2D eigenvalue weighted by molar-refractivity contribution is 5.93. The first-order chi connectivity index (χ1) is 4.09. The highest BCUT2D eigenvalue weighted by atomic mass is 16.2. The van der Waals surface area contributed by atoms with Gasteiger partial charge in [-0.15, -0.1) is 0 Å². The van der Waals surface area contributed by atoms with Gasteiger partial charge in [-0.2, -0.15) is 5.01 Å². The van der Waals surface area contributed by atoms with Crippen molar-refractivity contribution in [1.82, 2.24) is 5.01 Å². The lowest BCUT2D eigenvalue weighted by Gasteiger charge is -2.08. The Balaban J connectivity index is 3.88. The molecule has 0 bridgehead atoms. The third-order valence-electron chi connectivity index (χ3n) is 0.681. The maximum absolute atomic E-state index is 10.3. The molecule has 0 aliphatic carbocycles. The standard InChI is InChI=1S/C3H8N4O2/c4-1-2(8)7(6)3(5)9/h1,4,6H2,(H2,5,9). The zero-order valence-electron chi connectivity index (χ0n) is 4.70. The van der Waals surface area contributed by atoms with E-state index >= 15 is 0 Å². The second-order valence-electron chi connectivity index (χ2n) is 1.31. The van der Waals surface area contributed by atoms with Crippen LogP contribution in [0.25, 0.3) is 0 Å². The van der Waals surface area contributed by atoms with E-state index < -0.39 is 11.9 Å². The minimum Gasteiger partial charge on any atom is -0.350 e. The molecule has 0 unspecified atom stereocenters. The van der Waals surface area contributed by atoms with Crippen LogP contribution in [0.3, 0.4) is 0 Å². The normalized spacial score (nSPS) is 8.67. The molecule has 6 nitrogen and oxygen atoms in total. The Bertz CT molecular complexity index is 134. The summed E-state index contributed by atoms with van der Waals surface area (Å²) in [6.45, 7) is -0.320. The van der Waals surface area contributed by atoms with Crippen molar-refractivity contribution >= 4 is 11.9 Å². The summed E-state index contributed by atoms with van der Waals surface area (Å²) in [6, 6.07) is -1.01. The number of imide groups is 1. The Labute approximate surface area is 51.5 Å². The first-order valence-electron chi connectivity index (χ1n) is 2.16. The van der Waals surface area contributed by atoms with Gasteiger partial charge in [-0.1, -0.05) is 0 Å². The smallest absolute Gasteiger partial charge is 0.336 e. The molecule has 0 rings (SSSR count). The molecule has 0 aliphatic heterocycles. The first kappa shape index (κ1) is 7.86. The van der Waals surface area contributed by atoms with E-state index in [4.69, 9.17) is 11.6 Å². The van der Waals surface area contributed by atoms with Gasteiger partial charge >= 0.3 is 6.03 Å². The Morgan fingerprint density at radius 2 is 1.89 bits per heavy atom. The van der Waals surface area contributed by atoms with Gasteiger partial charge in [-0.25, -0.2) is 10.6 Å². The average Bonchev–Trinajstić information content (AvgIpc) is 1.84. The molecule has 0 saturated carbocycles. The Morgan fingerprint density at radius 1 is 1.44 bits per heavy atom. The van der Waals surface area contributed by atoms with Gasteiger partial charge in [0, 0.05) is 0 Å². The maximum atomic E-state index is 10.3. The van der Waals surface area contributed by atoms with Crippen LogP contribution in [0.1, 0.15) is 0 Å². The number of nitrogens with two attached hydrogens (primary N) is 3. The van der Waals surface area contributed by atoms with Crippen LogP contribution in [0.5, 0.6) is 0 Å². The molecular formula is C3H8N4O2. The van der Waals surface area contributed by atoms with Crippen molar-refractivity contribution in [1.29, 1.82) is 0 Å². The molecule has 6 N–H and O–H groups in total. The molecule has 0 aromatic heterocycles. The lowest BCUT2D eigenvalue weighted by Crippen LogP contribution is -2.48. The summed E-state index contributed by atoms with van der Waals surface area (Å²) in [5, 5.41) is 0.264. The summed E-state index contributed by atoms with van der Waals surface area (Å²) in [6.07, 6.45) is 0. The monoisotopic (exact) mass is 132 g/mol. The molecule has 0 spiro atoms. The molecule has 52 valence electrons. The van der Waals surface area contributed by atoms with Gasteiger partial charge in [0.25, 0.3) is 5.91 Å². The van der Waals surface area contributed by atoms with Crippen molar-refractivity contribution in [3.63, 3.8) is 0 Å². The summed E-state index contributed by atoms with van der Waals surface area (Å²) < 4.78 is 0. The molecule has 0 heterocycles. The molecule has 0 aromatic rings. The zero-order valence-corrected chi connectivity index (χ0v) is 4.70. The van der Waals surface area contributed by atoms with Crippen LogP contribution in [0.2, 0.25) is 0 Å². The highest BCUT2D eigenvalue weighted by Gasteiger charge is 2.10. The number of carbonyl (C=O) groups is 2. The summed E-state index contributed by atoms with van der Waals surface area (Å²) in [5.74, 6) is 4.09. The van der Waals surface area contributed by atoms with Gasteiger partial charge in [-0.3, -0.25) is 4.79 Å². The lowest BCUT2D eigenvalue weighted by atomic mass is 10.6. The van der Waals surface area contributed by atoms with E-state index in [-0.39, 0.29) is 11.6 Å². The van der Waals surface area contributed by atoms with Crippen molar-refractivity contribution < 1.29 is 9.59 Å². The van der Waals surface area contributed by atoms with Crippen molar-refractivity contribution in [2.75, 3.05) is 6.54 Å². The molecule has 0 fully saturated rings. The van der Waals surface area contributed by atoms with Crippen LogP contribution < -0.4 is 17.3 Å². The van der Waals surface area contributed by atoms with Crippen molar-refractivity contribution in [3.05, 3.63) is 0 Å².